The van der Waals surface area contributed by atoms with Crippen LogP contribution in [-0.2, 0) is 38.8 Å². The molecule has 2 amide bonds. The molecule has 0 spiro atoms. The number of sulfonamides is 1. The fourth-order valence-corrected chi connectivity index (χ4v) is 6.12. The van der Waals surface area contributed by atoms with Gasteiger partial charge in [-0.3, -0.25) is 13.9 Å². The van der Waals surface area contributed by atoms with Crippen molar-refractivity contribution in [3.8, 4) is 0 Å². The highest BCUT2D eigenvalue weighted by Crippen LogP contribution is 2.33. The number of nitrogens with zero attached hydrogens (tertiary/aromatic N) is 2. The lowest BCUT2D eigenvalue weighted by atomic mass is 10.0. The molecule has 4 aromatic carbocycles. The van der Waals surface area contributed by atoms with Gasteiger partial charge in [-0.1, -0.05) is 66.2 Å². The number of likely N-dealkylation sites (N-methyl/N-ethyl adjacent to an activating group) is 1. The van der Waals surface area contributed by atoms with Crippen LogP contribution in [0, 0.1) is 12.7 Å². The zero-order valence-electron chi connectivity index (χ0n) is 24.5. The number of anilines is 1. The van der Waals surface area contributed by atoms with Crippen molar-refractivity contribution in [3.63, 3.8) is 0 Å². The summed E-state index contributed by atoms with van der Waals surface area (Å²) in [5.41, 5.74) is 0.395. The van der Waals surface area contributed by atoms with E-state index >= 15 is 0 Å². The van der Waals surface area contributed by atoms with Gasteiger partial charge in [0.15, 0.2) is 0 Å². The lowest BCUT2D eigenvalue weighted by Crippen LogP contribution is -2.53. The minimum Gasteiger partial charge on any atom is -0.357 e. The standard InChI is InChI=1S/C33H31F4N3O4S/c1-23-11-17-29(18-12-23)45(43,44)40(28-10-6-9-26(20-28)33(35,36)37)22-31(41)39(21-25-13-15-27(34)16-14-25)30(32(42)38-2)19-24-7-4-3-5-8-24/h3-18,20,30H,19,21-22H2,1-2H3,(H,38,42)/t30-/m0/s1. The Morgan fingerprint density at radius 3 is 2.09 bits per heavy atom. The Morgan fingerprint density at radius 1 is 0.844 bits per heavy atom. The van der Waals surface area contributed by atoms with Crippen LogP contribution in [0.15, 0.2) is 108 Å². The number of hydrogen-bond donors (Lipinski definition) is 1. The van der Waals surface area contributed by atoms with Gasteiger partial charge in [-0.2, -0.15) is 13.2 Å². The van der Waals surface area contributed by atoms with Gasteiger partial charge in [-0.25, -0.2) is 12.8 Å². The van der Waals surface area contributed by atoms with E-state index in [1.165, 1.54) is 61.6 Å². The number of aryl methyl sites for hydroxylation is 1. The number of halogens is 4. The van der Waals surface area contributed by atoms with Crippen molar-refractivity contribution in [2.45, 2.75) is 37.0 Å². The Kier molecular flexibility index (Phi) is 10.3. The zero-order valence-corrected chi connectivity index (χ0v) is 25.3. The summed E-state index contributed by atoms with van der Waals surface area (Å²) >= 11 is 0. The van der Waals surface area contributed by atoms with Gasteiger partial charge >= 0.3 is 6.18 Å². The Morgan fingerprint density at radius 2 is 1.49 bits per heavy atom. The van der Waals surface area contributed by atoms with E-state index in [1.54, 1.807) is 37.3 Å². The van der Waals surface area contributed by atoms with Gasteiger partial charge in [-0.15, -0.1) is 0 Å². The molecule has 4 aromatic rings. The van der Waals surface area contributed by atoms with E-state index in [4.69, 9.17) is 0 Å². The molecule has 0 aliphatic rings. The largest absolute Gasteiger partial charge is 0.416 e. The van der Waals surface area contributed by atoms with Crippen molar-refractivity contribution in [1.29, 1.82) is 0 Å². The molecule has 0 bridgehead atoms. The summed E-state index contributed by atoms with van der Waals surface area (Å²) in [6.07, 6.45) is -4.74. The zero-order chi connectivity index (χ0) is 32.8. The average Bonchev–Trinajstić information content (AvgIpc) is 3.02. The number of nitrogens with one attached hydrogen (secondary N) is 1. The van der Waals surface area contributed by atoms with Crippen molar-refractivity contribution in [2.24, 2.45) is 0 Å². The average molecular weight is 642 g/mol. The van der Waals surface area contributed by atoms with Crippen molar-refractivity contribution < 1.29 is 35.6 Å². The Bertz CT molecular complexity index is 1730. The number of rotatable bonds is 11. The molecule has 0 heterocycles. The molecular formula is C33H31F4N3O4S. The van der Waals surface area contributed by atoms with Gasteiger partial charge in [0.2, 0.25) is 11.8 Å². The first-order valence-corrected chi connectivity index (χ1v) is 15.3. The first kappa shape index (κ1) is 33.2. The number of carbonyl (C=O) groups is 2. The van der Waals surface area contributed by atoms with Crippen molar-refractivity contribution in [3.05, 3.63) is 131 Å². The summed E-state index contributed by atoms with van der Waals surface area (Å²) in [6, 6.07) is 22.2. The summed E-state index contributed by atoms with van der Waals surface area (Å²) < 4.78 is 83.3. The van der Waals surface area contributed by atoms with Crippen molar-refractivity contribution in [1.82, 2.24) is 10.2 Å². The summed E-state index contributed by atoms with van der Waals surface area (Å²) in [4.78, 5) is 28.4. The first-order valence-electron chi connectivity index (χ1n) is 13.9. The van der Waals surface area contributed by atoms with Crippen LogP contribution in [-0.4, -0.2) is 44.8 Å². The van der Waals surface area contributed by atoms with E-state index in [0.29, 0.717) is 21.5 Å². The maximum Gasteiger partial charge on any atom is 0.416 e. The fraction of sp³-hybridized carbons (Fsp3) is 0.212. The molecule has 1 N–H and O–H groups in total. The molecule has 4 rings (SSSR count). The number of carbonyl (C=O) groups excluding carboxylic acids is 2. The maximum absolute atomic E-state index is 14.2. The third kappa shape index (κ3) is 8.27. The Hall–Kier alpha value is -4.71. The SMILES string of the molecule is CNC(=O)[C@H](Cc1ccccc1)N(Cc1ccc(F)cc1)C(=O)CN(c1cccc(C(F)(F)F)c1)S(=O)(=O)c1ccc(C)cc1. The molecule has 12 heteroatoms. The van der Waals surface area contributed by atoms with E-state index < -0.39 is 52.0 Å². The molecule has 0 aromatic heterocycles. The lowest BCUT2D eigenvalue weighted by Gasteiger charge is -2.33. The second-order valence-corrected chi connectivity index (χ2v) is 12.2. The van der Waals surface area contributed by atoms with Crippen LogP contribution in [0.2, 0.25) is 0 Å². The van der Waals surface area contributed by atoms with Gasteiger partial charge < -0.3 is 10.2 Å². The molecule has 0 unspecified atom stereocenters. The number of alkyl halides is 3. The van der Waals surface area contributed by atoms with E-state index in [2.05, 4.69) is 5.32 Å². The van der Waals surface area contributed by atoms with Crippen LogP contribution >= 0.6 is 0 Å². The third-order valence-electron chi connectivity index (χ3n) is 7.13. The molecule has 236 valence electrons. The Labute approximate surface area is 259 Å². The smallest absolute Gasteiger partial charge is 0.357 e. The van der Waals surface area contributed by atoms with E-state index in [-0.39, 0.29) is 23.5 Å². The normalized spacial score (nSPS) is 12.3. The predicted molar refractivity (Wildman–Crippen MR) is 162 cm³/mol. The molecule has 0 aliphatic heterocycles. The Balaban J connectivity index is 1.82. The van der Waals surface area contributed by atoms with Gasteiger partial charge in [-0.05, 0) is 60.5 Å². The monoisotopic (exact) mass is 641 g/mol. The molecular weight excluding hydrogens is 610 g/mol. The fourth-order valence-electron chi connectivity index (χ4n) is 4.71. The predicted octanol–water partition coefficient (Wildman–Crippen LogP) is 5.73. The van der Waals surface area contributed by atoms with Crippen LogP contribution in [0.3, 0.4) is 0 Å². The summed E-state index contributed by atoms with van der Waals surface area (Å²) in [5.74, 6) is -1.94. The molecule has 0 fully saturated rings. The molecule has 45 heavy (non-hydrogen) atoms. The van der Waals surface area contributed by atoms with Crippen LogP contribution in [0.4, 0.5) is 23.2 Å². The van der Waals surface area contributed by atoms with Crippen LogP contribution < -0.4 is 9.62 Å². The number of hydrogen-bond acceptors (Lipinski definition) is 4. The van der Waals surface area contributed by atoms with Crippen molar-refractivity contribution in [2.75, 3.05) is 17.9 Å². The third-order valence-corrected chi connectivity index (χ3v) is 8.92. The van der Waals surface area contributed by atoms with Crippen LogP contribution in [0.25, 0.3) is 0 Å². The topological polar surface area (TPSA) is 86.8 Å². The minimum atomic E-state index is -4.78. The lowest BCUT2D eigenvalue weighted by molar-refractivity contribution is -0.139. The van der Waals surface area contributed by atoms with Gasteiger partial charge in [0.1, 0.15) is 18.4 Å². The highest BCUT2D eigenvalue weighted by atomic mass is 32.2. The number of benzene rings is 4. The van der Waals surface area contributed by atoms with Gasteiger partial charge in [0, 0.05) is 20.0 Å². The van der Waals surface area contributed by atoms with Crippen LogP contribution in [0.1, 0.15) is 22.3 Å². The summed E-state index contributed by atoms with van der Waals surface area (Å²) in [6.45, 7) is 0.593. The molecule has 0 saturated carbocycles. The first-order chi connectivity index (χ1) is 21.3. The summed E-state index contributed by atoms with van der Waals surface area (Å²) in [7, 11) is -3.20. The molecule has 7 nitrogen and oxygen atoms in total. The summed E-state index contributed by atoms with van der Waals surface area (Å²) in [5, 5.41) is 2.54. The van der Waals surface area contributed by atoms with Gasteiger partial charge in [0.25, 0.3) is 10.0 Å². The highest BCUT2D eigenvalue weighted by molar-refractivity contribution is 7.92. The van der Waals surface area contributed by atoms with Gasteiger partial charge in [0.05, 0.1) is 16.1 Å². The number of amides is 2. The molecule has 0 radical (unpaired) electrons. The van der Waals surface area contributed by atoms with Crippen LogP contribution in [0.5, 0.6) is 0 Å². The highest BCUT2D eigenvalue weighted by Gasteiger charge is 2.36. The minimum absolute atomic E-state index is 0.0434. The second-order valence-electron chi connectivity index (χ2n) is 10.3. The molecule has 1 atom stereocenters. The maximum atomic E-state index is 14.2. The second kappa shape index (κ2) is 13.9. The van der Waals surface area contributed by atoms with E-state index in [9.17, 15) is 35.6 Å². The van der Waals surface area contributed by atoms with E-state index in [0.717, 1.165) is 22.6 Å². The van der Waals surface area contributed by atoms with E-state index in [1.807, 2.05) is 0 Å². The molecule has 0 saturated heterocycles. The van der Waals surface area contributed by atoms with Crippen molar-refractivity contribution >= 4 is 27.5 Å². The quantitative estimate of drug-likeness (QED) is 0.212. The molecule has 0 aliphatic carbocycles.